The average molecular weight is 201 g/mol. The summed E-state index contributed by atoms with van der Waals surface area (Å²) in [7, 11) is 0. The van der Waals surface area contributed by atoms with Crippen molar-refractivity contribution >= 4 is 0 Å². The maximum absolute atomic E-state index is 12.9. The van der Waals surface area contributed by atoms with Crippen molar-refractivity contribution < 1.29 is 13.2 Å². The first-order valence-electron chi connectivity index (χ1n) is 4.46. The predicted octanol–water partition coefficient (Wildman–Crippen LogP) is 2.45. The number of benzene rings is 1. The smallest absolute Gasteiger partial charge is 0.266 e. The van der Waals surface area contributed by atoms with Crippen LogP contribution in [0.1, 0.15) is 23.5 Å². The minimum absolute atomic E-state index is 0.257. The lowest BCUT2D eigenvalue weighted by molar-refractivity contribution is 0.146. The van der Waals surface area contributed by atoms with Gasteiger partial charge in [-0.3, -0.25) is 0 Å². The van der Waals surface area contributed by atoms with E-state index in [1.807, 2.05) is 0 Å². The summed E-state index contributed by atoms with van der Waals surface area (Å²) in [5.74, 6) is -0.566. The van der Waals surface area contributed by atoms with Gasteiger partial charge in [0.1, 0.15) is 5.82 Å². The number of halogens is 3. The fourth-order valence-corrected chi connectivity index (χ4v) is 1.51. The molecule has 0 saturated carbocycles. The summed E-state index contributed by atoms with van der Waals surface area (Å²) < 4.78 is 37.6. The van der Waals surface area contributed by atoms with Crippen LogP contribution in [-0.2, 0) is 0 Å². The second-order valence-electron chi connectivity index (χ2n) is 3.44. The topological polar surface area (TPSA) is 12.0 Å². The Balaban J connectivity index is 2.30. The average Bonchev–Trinajstić information content (AvgIpc) is 2.04. The summed E-state index contributed by atoms with van der Waals surface area (Å²) in [6.45, 7) is 1.57. The molecule has 14 heavy (non-hydrogen) atoms. The maximum Gasteiger partial charge on any atom is 0.266 e. The van der Waals surface area contributed by atoms with Gasteiger partial charge in [0, 0.05) is 19.0 Å². The summed E-state index contributed by atoms with van der Waals surface area (Å²) >= 11 is 0. The van der Waals surface area contributed by atoms with E-state index in [0.29, 0.717) is 0 Å². The van der Waals surface area contributed by atoms with Crippen molar-refractivity contribution in [1.82, 2.24) is 5.32 Å². The van der Waals surface area contributed by atoms with Crippen LogP contribution in [0.2, 0.25) is 0 Å². The van der Waals surface area contributed by atoms with Crippen molar-refractivity contribution in [3.63, 3.8) is 0 Å². The fourth-order valence-electron chi connectivity index (χ4n) is 1.51. The van der Waals surface area contributed by atoms with Gasteiger partial charge in [-0.2, -0.15) is 0 Å². The summed E-state index contributed by atoms with van der Waals surface area (Å²) in [5, 5.41) is 3.04. The summed E-state index contributed by atoms with van der Waals surface area (Å²) in [5.41, 5.74) is 0.301. The molecule has 1 fully saturated rings. The summed E-state index contributed by atoms with van der Waals surface area (Å²) in [6.07, 6.45) is -2.73. The maximum atomic E-state index is 12.9. The molecule has 2 rings (SSSR count). The second kappa shape index (κ2) is 3.61. The lowest BCUT2D eigenvalue weighted by Gasteiger charge is -2.27. The van der Waals surface area contributed by atoms with E-state index >= 15 is 0 Å². The zero-order valence-electron chi connectivity index (χ0n) is 7.43. The molecule has 0 unspecified atom stereocenters. The molecule has 1 nitrogen and oxygen atoms in total. The quantitative estimate of drug-likeness (QED) is 0.775. The Morgan fingerprint density at radius 2 is 2.00 bits per heavy atom. The standard InChI is InChI=1S/C10H10F3N/c11-9-2-1-6(7-4-14-5-7)3-8(9)10(12)13/h1-3,7,10,14H,4-5H2. The third-order valence-corrected chi connectivity index (χ3v) is 2.51. The van der Waals surface area contributed by atoms with E-state index in [-0.39, 0.29) is 5.92 Å². The zero-order chi connectivity index (χ0) is 10.1. The SMILES string of the molecule is Fc1ccc(C2CNC2)cc1C(F)F. The Morgan fingerprint density at radius 3 is 2.50 bits per heavy atom. The monoisotopic (exact) mass is 201 g/mol. The first kappa shape index (κ1) is 9.52. The first-order chi connectivity index (χ1) is 6.68. The third kappa shape index (κ3) is 1.62. The largest absolute Gasteiger partial charge is 0.315 e. The molecular formula is C10H10F3N. The van der Waals surface area contributed by atoms with Gasteiger partial charge in [-0.25, -0.2) is 13.2 Å². The van der Waals surface area contributed by atoms with Crippen LogP contribution < -0.4 is 5.32 Å². The molecular weight excluding hydrogens is 191 g/mol. The van der Waals surface area contributed by atoms with E-state index in [4.69, 9.17) is 0 Å². The van der Waals surface area contributed by atoms with E-state index in [0.717, 1.165) is 24.7 Å². The van der Waals surface area contributed by atoms with Gasteiger partial charge in [0.25, 0.3) is 6.43 Å². The van der Waals surface area contributed by atoms with Gasteiger partial charge >= 0.3 is 0 Å². The van der Waals surface area contributed by atoms with Gasteiger partial charge in [0.15, 0.2) is 0 Å². The van der Waals surface area contributed by atoms with Gasteiger partial charge < -0.3 is 5.32 Å². The summed E-state index contributed by atoms with van der Waals surface area (Å²) in [6, 6.07) is 3.97. The Bertz CT molecular complexity index is 334. The molecule has 0 aliphatic carbocycles. The highest BCUT2D eigenvalue weighted by Gasteiger charge is 2.21. The van der Waals surface area contributed by atoms with Crippen LogP contribution in [0.4, 0.5) is 13.2 Å². The molecule has 1 saturated heterocycles. The Labute approximate surface area is 79.9 Å². The molecule has 0 aromatic heterocycles. The van der Waals surface area contributed by atoms with Crippen molar-refractivity contribution in [3.05, 3.63) is 35.1 Å². The van der Waals surface area contributed by atoms with E-state index in [9.17, 15) is 13.2 Å². The van der Waals surface area contributed by atoms with Crippen LogP contribution in [-0.4, -0.2) is 13.1 Å². The van der Waals surface area contributed by atoms with Crippen molar-refractivity contribution in [2.24, 2.45) is 0 Å². The number of hydrogen-bond donors (Lipinski definition) is 1. The van der Waals surface area contributed by atoms with Gasteiger partial charge in [-0.05, 0) is 17.7 Å². The van der Waals surface area contributed by atoms with Crippen LogP contribution in [0.25, 0.3) is 0 Å². The molecule has 76 valence electrons. The zero-order valence-corrected chi connectivity index (χ0v) is 7.43. The molecule has 0 spiro atoms. The molecule has 1 N–H and O–H groups in total. The highest BCUT2D eigenvalue weighted by atomic mass is 19.3. The molecule has 0 bridgehead atoms. The second-order valence-corrected chi connectivity index (χ2v) is 3.44. The highest BCUT2D eigenvalue weighted by Crippen LogP contribution is 2.27. The van der Waals surface area contributed by atoms with E-state index < -0.39 is 17.8 Å². The molecule has 0 radical (unpaired) electrons. The van der Waals surface area contributed by atoms with Crippen molar-refractivity contribution in [3.8, 4) is 0 Å². The van der Waals surface area contributed by atoms with E-state index in [2.05, 4.69) is 5.32 Å². The normalized spacial score (nSPS) is 17.1. The molecule has 1 aliphatic rings. The van der Waals surface area contributed by atoms with Crippen LogP contribution in [0, 0.1) is 5.82 Å². The van der Waals surface area contributed by atoms with E-state index in [1.54, 1.807) is 6.07 Å². The van der Waals surface area contributed by atoms with E-state index in [1.165, 1.54) is 6.07 Å². The van der Waals surface area contributed by atoms with Crippen molar-refractivity contribution in [1.29, 1.82) is 0 Å². The van der Waals surface area contributed by atoms with Crippen LogP contribution in [0.15, 0.2) is 18.2 Å². The molecule has 1 heterocycles. The minimum Gasteiger partial charge on any atom is -0.315 e. The van der Waals surface area contributed by atoms with Gasteiger partial charge in [0.05, 0.1) is 5.56 Å². The predicted molar refractivity (Wildman–Crippen MR) is 47.0 cm³/mol. The molecule has 1 aromatic rings. The molecule has 1 aliphatic heterocycles. The van der Waals surface area contributed by atoms with Crippen molar-refractivity contribution in [2.75, 3.05) is 13.1 Å². The number of alkyl halides is 2. The summed E-state index contributed by atoms with van der Waals surface area (Å²) in [4.78, 5) is 0. The number of hydrogen-bond acceptors (Lipinski definition) is 1. The molecule has 0 atom stereocenters. The van der Waals surface area contributed by atoms with Crippen LogP contribution in [0.5, 0.6) is 0 Å². The van der Waals surface area contributed by atoms with Crippen molar-refractivity contribution in [2.45, 2.75) is 12.3 Å². The lowest BCUT2D eigenvalue weighted by atomic mass is 9.92. The molecule has 1 aromatic carbocycles. The van der Waals surface area contributed by atoms with Gasteiger partial charge in [-0.15, -0.1) is 0 Å². The third-order valence-electron chi connectivity index (χ3n) is 2.51. The highest BCUT2D eigenvalue weighted by molar-refractivity contribution is 5.30. The molecule has 0 amide bonds. The fraction of sp³-hybridized carbons (Fsp3) is 0.400. The van der Waals surface area contributed by atoms with Crippen LogP contribution >= 0.6 is 0 Å². The Hall–Kier alpha value is -1.03. The van der Waals surface area contributed by atoms with Gasteiger partial charge in [-0.1, -0.05) is 6.07 Å². The van der Waals surface area contributed by atoms with Gasteiger partial charge in [0.2, 0.25) is 0 Å². The Morgan fingerprint density at radius 1 is 1.29 bits per heavy atom. The molecule has 4 heteroatoms. The first-order valence-corrected chi connectivity index (χ1v) is 4.46. The minimum atomic E-state index is -2.73. The van der Waals surface area contributed by atoms with Crippen LogP contribution in [0.3, 0.4) is 0 Å². The lowest BCUT2D eigenvalue weighted by Crippen LogP contribution is -2.39. The number of nitrogens with one attached hydrogen (secondary N) is 1. The Kier molecular flexibility index (Phi) is 2.46. The number of rotatable bonds is 2.